The number of rotatable bonds is 5. The summed E-state index contributed by atoms with van der Waals surface area (Å²) in [4.78, 5) is 0. The molecule has 0 amide bonds. The quantitative estimate of drug-likeness (QED) is 0.434. The molecule has 0 N–H and O–H groups in total. The van der Waals surface area contributed by atoms with Crippen LogP contribution >= 0.6 is 0 Å². The minimum Gasteiger partial charge on any atom is -0.490 e. The Morgan fingerprint density at radius 1 is 1.41 bits per heavy atom. The highest BCUT2D eigenvalue weighted by atomic mass is 16.5. The average molecular weight is 225 g/mol. The summed E-state index contributed by atoms with van der Waals surface area (Å²) < 4.78 is 5.49. The van der Waals surface area contributed by atoms with Crippen LogP contribution in [0.1, 0.15) is 12.5 Å². The van der Waals surface area contributed by atoms with Crippen molar-refractivity contribution in [2.24, 2.45) is 0 Å². The minimum atomic E-state index is 0.505. The SMILES string of the molecule is C=C(C=C(C)C=CC#N)OCc1ccccc1. The molecular weight excluding hydrogens is 210 g/mol. The van der Waals surface area contributed by atoms with Gasteiger partial charge >= 0.3 is 0 Å². The number of ether oxygens (including phenoxy) is 1. The van der Waals surface area contributed by atoms with Gasteiger partial charge in [-0.25, -0.2) is 0 Å². The van der Waals surface area contributed by atoms with E-state index >= 15 is 0 Å². The number of hydrogen-bond donors (Lipinski definition) is 0. The molecule has 1 aromatic carbocycles. The van der Waals surface area contributed by atoms with E-state index in [2.05, 4.69) is 6.58 Å². The van der Waals surface area contributed by atoms with Gasteiger partial charge in [-0.2, -0.15) is 5.26 Å². The van der Waals surface area contributed by atoms with Gasteiger partial charge in [0.2, 0.25) is 0 Å². The maximum atomic E-state index is 8.38. The second kappa shape index (κ2) is 7.08. The van der Waals surface area contributed by atoms with Gasteiger partial charge in [0.05, 0.1) is 6.07 Å². The molecule has 0 bridgehead atoms. The third-order valence-electron chi connectivity index (χ3n) is 2.08. The van der Waals surface area contributed by atoms with Crippen molar-refractivity contribution in [1.29, 1.82) is 5.26 Å². The van der Waals surface area contributed by atoms with Crippen LogP contribution in [0.4, 0.5) is 0 Å². The molecule has 0 saturated carbocycles. The summed E-state index contributed by atoms with van der Waals surface area (Å²) in [7, 11) is 0. The molecule has 1 aromatic rings. The summed E-state index contributed by atoms with van der Waals surface area (Å²) in [5.41, 5.74) is 2.04. The summed E-state index contributed by atoms with van der Waals surface area (Å²) >= 11 is 0. The molecule has 0 aliphatic rings. The number of hydrogen-bond acceptors (Lipinski definition) is 2. The predicted molar refractivity (Wildman–Crippen MR) is 68.9 cm³/mol. The first-order valence-corrected chi connectivity index (χ1v) is 5.32. The first-order valence-electron chi connectivity index (χ1n) is 5.32. The molecule has 2 nitrogen and oxygen atoms in total. The highest BCUT2D eigenvalue weighted by Gasteiger charge is 1.93. The van der Waals surface area contributed by atoms with Crippen molar-refractivity contribution in [3.05, 3.63) is 72.0 Å². The van der Waals surface area contributed by atoms with Crippen molar-refractivity contribution >= 4 is 0 Å². The van der Waals surface area contributed by atoms with E-state index in [1.54, 1.807) is 12.2 Å². The van der Waals surface area contributed by atoms with Crippen LogP contribution < -0.4 is 0 Å². The van der Waals surface area contributed by atoms with Crippen LogP contribution in [0, 0.1) is 11.3 Å². The summed E-state index contributed by atoms with van der Waals surface area (Å²) in [6.07, 6.45) is 4.95. The van der Waals surface area contributed by atoms with E-state index in [0.29, 0.717) is 12.4 Å². The molecule has 0 heterocycles. The number of nitriles is 1. The topological polar surface area (TPSA) is 33.0 Å². The van der Waals surface area contributed by atoms with Gasteiger partial charge in [0.15, 0.2) is 0 Å². The Kier molecular flexibility index (Phi) is 5.33. The van der Waals surface area contributed by atoms with E-state index in [4.69, 9.17) is 10.00 Å². The molecule has 0 aromatic heterocycles. The number of benzene rings is 1. The van der Waals surface area contributed by atoms with Crippen LogP contribution in [0.25, 0.3) is 0 Å². The lowest BCUT2D eigenvalue weighted by atomic mass is 10.2. The second-order valence-electron chi connectivity index (χ2n) is 3.59. The summed E-state index contributed by atoms with van der Waals surface area (Å²) in [6, 6.07) is 11.8. The average Bonchev–Trinajstić information content (AvgIpc) is 2.35. The van der Waals surface area contributed by atoms with Gasteiger partial charge in [0, 0.05) is 6.08 Å². The van der Waals surface area contributed by atoms with Crippen LogP contribution in [-0.2, 0) is 11.3 Å². The van der Waals surface area contributed by atoms with E-state index < -0.39 is 0 Å². The Bertz CT molecular complexity index is 463. The van der Waals surface area contributed by atoms with Gasteiger partial charge in [-0.3, -0.25) is 0 Å². The largest absolute Gasteiger partial charge is 0.490 e. The molecule has 17 heavy (non-hydrogen) atoms. The smallest absolute Gasteiger partial charge is 0.113 e. The van der Waals surface area contributed by atoms with E-state index in [9.17, 15) is 0 Å². The van der Waals surface area contributed by atoms with Crippen LogP contribution in [0.2, 0.25) is 0 Å². The Labute approximate surface area is 102 Å². The molecule has 0 atom stereocenters. The third kappa shape index (κ3) is 5.39. The zero-order valence-corrected chi connectivity index (χ0v) is 9.89. The minimum absolute atomic E-state index is 0.505. The molecule has 1 rings (SSSR count). The molecule has 0 aliphatic carbocycles. The molecule has 0 unspecified atom stereocenters. The van der Waals surface area contributed by atoms with Crippen molar-refractivity contribution in [3.63, 3.8) is 0 Å². The molecule has 2 heteroatoms. The highest BCUT2D eigenvalue weighted by Crippen LogP contribution is 2.08. The monoisotopic (exact) mass is 225 g/mol. The van der Waals surface area contributed by atoms with E-state index in [1.807, 2.05) is 43.3 Å². The molecule has 86 valence electrons. The molecular formula is C15H15NO. The van der Waals surface area contributed by atoms with Crippen LogP contribution in [-0.4, -0.2) is 0 Å². The number of nitrogens with zero attached hydrogens (tertiary/aromatic N) is 1. The third-order valence-corrected chi connectivity index (χ3v) is 2.08. The summed E-state index contributed by atoms with van der Waals surface area (Å²) in [6.45, 7) is 6.20. The van der Waals surface area contributed by atoms with Crippen molar-refractivity contribution < 1.29 is 4.74 Å². The van der Waals surface area contributed by atoms with Crippen molar-refractivity contribution in [1.82, 2.24) is 0 Å². The maximum Gasteiger partial charge on any atom is 0.113 e. The lowest BCUT2D eigenvalue weighted by Crippen LogP contribution is -1.90. The van der Waals surface area contributed by atoms with Crippen LogP contribution in [0.15, 0.2) is 66.5 Å². The standard InChI is InChI=1S/C15H15NO/c1-13(7-6-10-16)11-14(2)17-12-15-8-4-3-5-9-15/h3-9,11H,2,12H2,1H3. The molecule has 0 radical (unpaired) electrons. The second-order valence-corrected chi connectivity index (χ2v) is 3.59. The van der Waals surface area contributed by atoms with E-state index in [-0.39, 0.29) is 0 Å². The van der Waals surface area contributed by atoms with Crippen molar-refractivity contribution in [2.45, 2.75) is 13.5 Å². The zero-order valence-electron chi connectivity index (χ0n) is 9.89. The summed E-state index contributed by atoms with van der Waals surface area (Å²) in [5, 5.41) is 8.38. The molecule has 0 aliphatic heterocycles. The van der Waals surface area contributed by atoms with Gasteiger partial charge in [0.25, 0.3) is 0 Å². The molecule has 0 spiro atoms. The zero-order chi connectivity index (χ0) is 12.5. The molecule has 0 saturated heterocycles. The van der Waals surface area contributed by atoms with E-state index in [0.717, 1.165) is 11.1 Å². The maximum absolute atomic E-state index is 8.38. The molecule has 0 fully saturated rings. The highest BCUT2D eigenvalue weighted by molar-refractivity contribution is 5.26. The Morgan fingerprint density at radius 3 is 2.76 bits per heavy atom. The fourth-order valence-electron chi connectivity index (χ4n) is 1.26. The Balaban J connectivity index is 2.46. The Hall–Kier alpha value is -2.27. The predicted octanol–water partition coefficient (Wildman–Crippen LogP) is 3.74. The first-order chi connectivity index (χ1) is 8.22. The van der Waals surface area contributed by atoms with Gasteiger partial charge in [-0.15, -0.1) is 0 Å². The van der Waals surface area contributed by atoms with Crippen LogP contribution in [0.3, 0.4) is 0 Å². The van der Waals surface area contributed by atoms with Gasteiger partial charge in [-0.05, 0) is 30.2 Å². The summed E-state index contributed by atoms with van der Waals surface area (Å²) in [5.74, 6) is 0.592. The fourth-order valence-corrected chi connectivity index (χ4v) is 1.26. The van der Waals surface area contributed by atoms with Crippen molar-refractivity contribution in [3.8, 4) is 6.07 Å². The lowest BCUT2D eigenvalue weighted by molar-refractivity contribution is 0.212. The fraction of sp³-hybridized carbons (Fsp3) is 0.133. The first kappa shape index (κ1) is 12.8. The van der Waals surface area contributed by atoms with Gasteiger partial charge in [0.1, 0.15) is 12.4 Å². The normalized spacial score (nSPS) is 11.2. The lowest BCUT2D eigenvalue weighted by Gasteiger charge is -2.06. The van der Waals surface area contributed by atoms with Crippen molar-refractivity contribution in [2.75, 3.05) is 0 Å². The van der Waals surface area contributed by atoms with Gasteiger partial charge < -0.3 is 4.74 Å². The Morgan fingerprint density at radius 2 is 2.12 bits per heavy atom. The van der Waals surface area contributed by atoms with Crippen LogP contribution in [0.5, 0.6) is 0 Å². The van der Waals surface area contributed by atoms with Gasteiger partial charge in [-0.1, -0.05) is 36.9 Å². The number of allylic oxidation sites excluding steroid dienone is 4. The van der Waals surface area contributed by atoms with E-state index in [1.165, 1.54) is 6.08 Å².